The van der Waals surface area contributed by atoms with Crippen molar-refractivity contribution in [2.45, 2.75) is 38.5 Å². The summed E-state index contributed by atoms with van der Waals surface area (Å²) >= 11 is 3.51. The molecule has 2 bridgehead atoms. The van der Waals surface area contributed by atoms with E-state index in [2.05, 4.69) is 15.9 Å². The average molecular weight is 217 g/mol. The minimum Gasteiger partial charge on any atom is -0.0928 e. The van der Waals surface area contributed by atoms with Crippen LogP contribution in [-0.2, 0) is 0 Å². The van der Waals surface area contributed by atoms with Crippen molar-refractivity contribution in [3.05, 3.63) is 0 Å². The van der Waals surface area contributed by atoms with E-state index in [4.69, 9.17) is 0 Å². The molecule has 0 heterocycles. The molecule has 1 heteroatoms. The van der Waals surface area contributed by atoms with Gasteiger partial charge in [0.05, 0.1) is 0 Å². The Kier molecular flexibility index (Phi) is 2.55. The van der Waals surface area contributed by atoms with Crippen LogP contribution in [0.15, 0.2) is 0 Å². The highest BCUT2D eigenvalue weighted by atomic mass is 79.9. The van der Waals surface area contributed by atoms with Crippen molar-refractivity contribution in [3.63, 3.8) is 0 Å². The van der Waals surface area contributed by atoms with Gasteiger partial charge in [-0.05, 0) is 49.9 Å². The molecule has 0 N–H and O–H groups in total. The molecule has 2 aliphatic rings. The van der Waals surface area contributed by atoms with E-state index < -0.39 is 0 Å². The van der Waals surface area contributed by atoms with Gasteiger partial charge in [-0.3, -0.25) is 0 Å². The van der Waals surface area contributed by atoms with Crippen molar-refractivity contribution in [1.82, 2.24) is 0 Å². The van der Waals surface area contributed by atoms with Crippen LogP contribution in [0.3, 0.4) is 0 Å². The Balaban J connectivity index is 1.78. The van der Waals surface area contributed by atoms with Gasteiger partial charge in [0.15, 0.2) is 0 Å². The van der Waals surface area contributed by atoms with E-state index in [1.54, 1.807) is 25.7 Å². The molecule has 0 amide bonds. The molecule has 0 aromatic heterocycles. The van der Waals surface area contributed by atoms with Gasteiger partial charge < -0.3 is 0 Å². The second-order valence-corrected chi connectivity index (χ2v) is 5.06. The molecule has 0 aromatic carbocycles. The van der Waals surface area contributed by atoms with E-state index in [0.29, 0.717) is 0 Å². The van der Waals surface area contributed by atoms with Crippen molar-refractivity contribution in [1.29, 1.82) is 0 Å². The van der Waals surface area contributed by atoms with Gasteiger partial charge in [0.1, 0.15) is 0 Å². The second kappa shape index (κ2) is 3.47. The molecule has 2 saturated carbocycles. The Labute approximate surface area is 77.9 Å². The first-order chi connectivity index (χ1) is 5.40. The molecule has 2 rings (SSSR count). The zero-order chi connectivity index (χ0) is 7.68. The fraction of sp³-hybridized carbons (Fsp3) is 1.00. The maximum atomic E-state index is 3.51. The quantitative estimate of drug-likeness (QED) is 0.633. The van der Waals surface area contributed by atoms with E-state index in [1.807, 2.05) is 0 Å². The minimum absolute atomic E-state index is 1.12. The van der Waals surface area contributed by atoms with Gasteiger partial charge in [-0.1, -0.05) is 22.4 Å². The van der Waals surface area contributed by atoms with Gasteiger partial charge in [0.2, 0.25) is 0 Å². The van der Waals surface area contributed by atoms with Crippen LogP contribution in [0.25, 0.3) is 0 Å². The van der Waals surface area contributed by atoms with Crippen LogP contribution in [0.4, 0.5) is 0 Å². The van der Waals surface area contributed by atoms with Crippen molar-refractivity contribution < 1.29 is 0 Å². The van der Waals surface area contributed by atoms with E-state index in [1.165, 1.54) is 18.2 Å². The van der Waals surface area contributed by atoms with Crippen LogP contribution in [0.5, 0.6) is 0 Å². The maximum Gasteiger partial charge on any atom is 0.00314 e. The molecule has 2 aliphatic carbocycles. The molecule has 0 spiro atoms. The third-order valence-electron chi connectivity index (χ3n) is 3.59. The van der Waals surface area contributed by atoms with Crippen LogP contribution >= 0.6 is 15.9 Å². The predicted molar refractivity (Wildman–Crippen MR) is 52.0 cm³/mol. The van der Waals surface area contributed by atoms with Gasteiger partial charge in [-0.25, -0.2) is 0 Å². The Morgan fingerprint density at radius 2 is 2.09 bits per heavy atom. The summed E-state index contributed by atoms with van der Waals surface area (Å²) in [5, 5.41) is 1.21. The van der Waals surface area contributed by atoms with Gasteiger partial charge >= 0.3 is 0 Å². The second-order valence-electron chi connectivity index (χ2n) is 4.27. The third-order valence-corrected chi connectivity index (χ3v) is 4.15. The molecule has 0 saturated heterocycles. The zero-order valence-electron chi connectivity index (χ0n) is 7.06. The lowest BCUT2D eigenvalue weighted by molar-refractivity contribution is 0.313. The maximum absolute atomic E-state index is 3.51. The highest BCUT2D eigenvalue weighted by Crippen LogP contribution is 2.49. The smallest absolute Gasteiger partial charge is 0.00314 e. The normalized spacial score (nSPS) is 41.7. The summed E-state index contributed by atoms with van der Waals surface area (Å²) in [5.74, 6) is 3.39. The zero-order valence-corrected chi connectivity index (χ0v) is 8.65. The van der Waals surface area contributed by atoms with Gasteiger partial charge in [-0.15, -0.1) is 0 Å². The Morgan fingerprint density at radius 3 is 2.64 bits per heavy atom. The summed E-state index contributed by atoms with van der Waals surface area (Å²) in [6.45, 7) is 0. The molecule has 0 nitrogen and oxygen atoms in total. The van der Waals surface area contributed by atoms with E-state index in [0.717, 1.165) is 17.8 Å². The van der Waals surface area contributed by atoms with E-state index in [-0.39, 0.29) is 0 Å². The predicted octanol–water partition coefficient (Wildman–Crippen LogP) is 3.60. The topological polar surface area (TPSA) is 0 Å². The van der Waals surface area contributed by atoms with Gasteiger partial charge in [-0.2, -0.15) is 0 Å². The number of rotatable bonds is 3. The number of fused-ring (bicyclic) bond motifs is 2. The summed E-state index contributed by atoms with van der Waals surface area (Å²) in [4.78, 5) is 0. The monoisotopic (exact) mass is 216 g/mol. The summed E-state index contributed by atoms with van der Waals surface area (Å²) in [6.07, 6.45) is 9.14. The number of hydrogen-bond acceptors (Lipinski definition) is 0. The van der Waals surface area contributed by atoms with E-state index >= 15 is 0 Å². The molecule has 64 valence electrons. The Bertz CT molecular complexity index is 133. The van der Waals surface area contributed by atoms with Gasteiger partial charge in [0.25, 0.3) is 0 Å². The fourth-order valence-corrected chi connectivity index (χ4v) is 3.39. The van der Waals surface area contributed by atoms with Gasteiger partial charge in [0, 0.05) is 5.33 Å². The lowest BCUT2D eigenvalue weighted by Crippen LogP contribution is -2.10. The first-order valence-corrected chi connectivity index (χ1v) is 6.08. The van der Waals surface area contributed by atoms with Crippen LogP contribution in [-0.4, -0.2) is 5.33 Å². The molecule has 11 heavy (non-hydrogen) atoms. The van der Waals surface area contributed by atoms with Crippen LogP contribution in [0, 0.1) is 17.8 Å². The SMILES string of the molecule is BrCCCC1CC2CCC1C2. The number of alkyl halides is 1. The Morgan fingerprint density at radius 1 is 1.18 bits per heavy atom. The van der Waals surface area contributed by atoms with Crippen molar-refractivity contribution in [2.24, 2.45) is 17.8 Å². The molecule has 3 atom stereocenters. The molecule has 0 aromatic rings. The summed E-state index contributed by atoms with van der Waals surface area (Å²) in [5.41, 5.74) is 0. The lowest BCUT2D eigenvalue weighted by atomic mass is 9.86. The van der Waals surface area contributed by atoms with Crippen molar-refractivity contribution >= 4 is 15.9 Å². The first-order valence-electron chi connectivity index (χ1n) is 4.96. The minimum atomic E-state index is 1.12. The van der Waals surface area contributed by atoms with E-state index in [9.17, 15) is 0 Å². The summed E-state index contributed by atoms with van der Waals surface area (Å²) < 4.78 is 0. The third kappa shape index (κ3) is 1.63. The largest absolute Gasteiger partial charge is 0.0928 e. The summed E-state index contributed by atoms with van der Waals surface area (Å²) in [6, 6.07) is 0. The summed E-state index contributed by atoms with van der Waals surface area (Å²) in [7, 11) is 0. The fourth-order valence-electron chi connectivity index (χ4n) is 3.07. The number of hydrogen-bond donors (Lipinski definition) is 0. The number of halogens is 1. The first kappa shape index (κ1) is 8.10. The standard InChI is InChI=1S/C10H17Br/c11-5-1-2-9-6-8-3-4-10(9)7-8/h8-10H,1-7H2. The van der Waals surface area contributed by atoms with Crippen LogP contribution in [0.1, 0.15) is 38.5 Å². The van der Waals surface area contributed by atoms with Crippen molar-refractivity contribution in [3.8, 4) is 0 Å². The molecule has 0 radical (unpaired) electrons. The Hall–Kier alpha value is 0.480. The molecule has 0 aliphatic heterocycles. The average Bonchev–Trinajstić information content (AvgIpc) is 2.60. The molecular weight excluding hydrogens is 200 g/mol. The van der Waals surface area contributed by atoms with Crippen LogP contribution < -0.4 is 0 Å². The van der Waals surface area contributed by atoms with Crippen LogP contribution in [0.2, 0.25) is 0 Å². The molecule has 3 unspecified atom stereocenters. The highest BCUT2D eigenvalue weighted by Gasteiger charge is 2.38. The lowest BCUT2D eigenvalue weighted by Gasteiger charge is -2.20. The van der Waals surface area contributed by atoms with Crippen molar-refractivity contribution in [2.75, 3.05) is 5.33 Å². The molecule has 2 fully saturated rings. The highest BCUT2D eigenvalue weighted by molar-refractivity contribution is 9.09. The molecular formula is C10H17Br.